The molecular weight excluding hydrogens is 186 g/mol. The molecule has 2 heteroatoms. The van der Waals surface area contributed by atoms with Crippen LogP contribution in [0.15, 0.2) is 0 Å². The summed E-state index contributed by atoms with van der Waals surface area (Å²) in [5.74, 6) is 0.951. The number of aliphatic hydroxyl groups is 1. The van der Waals surface area contributed by atoms with Crippen LogP contribution in [0.5, 0.6) is 0 Å². The van der Waals surface area contributed by atoms with Crippen molar-refractivity contribution in [3.8, 4) is 0 Å². The number of fused-ring (bicyclic) bond motifs is 1. The predicted octanol–water partition coefficient (Wildman–Crippen LogP) is 2.41. The maximum absolute atomic E-state index is 9.88. The third-order valence-electron chi connectivity index (χ3n) is 4.18. The zero-order chi connectivity index (χ0) is 10.7. The van der Waals surface area contributed by atoms with E-state index in [1.165, 1.54) is 38.6 Å². The van der Waals surface area contributed by atoms with Crippen LogP contribution in [-0.2, 0) is 0 Å². The first-order valence-electron chi connectivity index (χ1n) is 6.73. The van der Waals surface area contributed by atoms with Crippen molar-refractivity contribution in [2.24, 2.45) is 5.92 Å². The van der Waals surface area contributed by atoms with E-state index in [2.05, 4.69) is 11.8 Å². The van der Waals surface area contributed by atoms with Crippen LogP contribution in [0, 0.1) is 5.92 Å². The summed E-state index contributed by atoms with van der Waals surface area (Å²) in [5.41, 5.74) is 0. The second-order valence-electron chi connectivity index (χ2n) is 5.34. The van der Waals surface area contributed by atoms with E-state index in [4.69, 9.17) is 0 Å². The maximum atomic E-state index is 9.88. The summed E-state index contributed by atoms with van der Waals surface area (Å²) in [5, 5.41) is 9.88. The van der Waals surface area contributed by atoms with Crippen molar-refractivity contribution in [2.75, 3.05) is 13.1 Å². The van der Waals surface area contributed by atoms with Gasteiger partial charge in [0.25, 0.3) is 0 Å². The summed E-state index contributed by atoms with van der Waals surface area (Å²) in [6.45, 7) is 4.30. The number of aliphatic hydroxyl groups excluding tert-OH is 1. The Labute approximate surface area is 93.7 Å². The Hall–Kier alpha value is -0.0800. The molecular formula is C13H25NO. The van der Waals surface area contributed by atoms with Gasteiger partial charge in [-0.05, 0) is 44.6 Å². The van der Waals surface area contributed by atoms with Gasteiger partial charge in [-0.1, -0.05) is 19.8 Å². The lowest BCUT2D eigenvalue weighted by Gasteiger charge is -2.38. The zero-order valence-corrected chi connectivity index (χ0v) is 9.99. The molecule has 3 atom stereocenters. The first-order chi connectivity index (χ1) is 7.31. The highest BCUT2D eigenvalue weighted by molar-refractivity contribution is 4.89. The van der Waals surface area contributed by atoms with Crippen LogP contribution in [-0.4, -0.2) is 35.2 Å². The van der Waals surface area contributed by atoms with Gasteiger partial charge in [0.15, 0.2) is 0 Å². The summed E-state index contributed by atoms with van der Waals surface area (Å²) in [6.07, 6.45) is 8.99. The van der Waals surface area contributed by atoms with Crippen LogP contribution in [0.1, 0.15) is 51.9 Å². The third kappa shape index (κ3) is 2.73. The molecule has 0 radical (unpaired) electrons. The van der Waals surface area contributed by atoms with Crippen LogP contribution in [0.25, 0.3) is 0 Å². The van der Waals surface area contributed by atoms with Crippen LogP contribution in [0.4, 0.5) is 0 Å². The topological polar surface area (TPSA) is 23.5 Å². The number of rotatable bonds is 4. The van der Waals surface area contributed by atoms with Gasteiger partial charge in [-0.15, -0.1) is 0 Å². The average molecular weight is 211 g/mol. The Kier molecular flexibility index (Phi) is 4.04. The van der Waals surface area contributed by atoms with Crippen molar-refractivity contribution in [3.05, 3.63) is 0 Å². The Morgan fingerprint density at radius 2 is 2.07 bits per heavy atom. The van der Waals surface area contributed by atoms with Crippen molar-refractivity contribution < 1.29 is 5.11 Å². The number of hydrogen-bond donors (Lipinski definition) is 1. The standard InChI is InChI=1S/C13H25NO/c1-2-5-12(15)10-14-9-4-7-11-6-3-8-13(11)14/h11-13,15H,2-10H2,1H3. The Bertz CT molecular complexity index is 195. The molecule has 15 heavy (non-hydrogen) atoms. The number of likely N-dealkylation sites (tertiary alicyclic amines) is 1. The zero-order valence-electron chi connectivity index (χ0n) is 9.99. The van der Waals surface area contributed by atoms with E-state index in [9.17, 15) is 5.11 Å². The molecule has 2 nitrogen and oxygen atoms in total. The molecule has 0 spiro atoms. The highest BCUT2D eigenvalue weighted by Crippen LogP contribution is 2.36. The quantitative estimate of drug-likeness (QED) is 0.772. The molecule has 2 rings (SSSR count). The number of hydrogen-bond acceptors (Lipinski definition) is 2. The summed E-state index contributed by atoms with van der Waals surface area (Å²) >= 11 is 0. The normalized spacial score (nSPS) is 34.0. The fourth-order valence-corrected chi connectivity index (χ4v) is 3.48. The lowest BCUT2D eigenvalue weighted by molar-refractivity contribution is 0.0473. The average Bonchev–Trinajstić information content (AvgIpc) is 2.67. The van der Waals surface area contributed by atoms with Gasteiger partial charge < -0.3 is 5.11 Å². The van der Waals surface area contributed by atoms with Crippen LogP contribution in [0.3, 0.4) is 0 Å². The van der Waals surface area contributed by atoms with Crippen molar-refractivity contribution in [1.82, 2.24) is 4.90 Å². The molecule has 0 amide bonds. The molecule has 2 aliphatic rings. The lowest BCUT2D eigenvalue weighted by atomic mass is 9.91. The van der Waals surface area contributed by atoms with Crippen LogP contribution in [0.2, 0.25) is 0 Å². The summed E-state index contributed by atoms with van der Waals surface area (Å²) in [4.78, 5) is 2.57. The van der Waals surface area contributed by atoms with Gasteiger partial charge in [-0.3, -0.25) is 4.90 Å². The van der Waals surface area contributed by atoms with E-state index >= 15 is 0 Å². The molecule has 1 saturated carbocycles. The summed E-state index contributed by atoms with van der Waals surface area (Å²) in [6, 6.07) is 0.810. The fourth-order valence-electron chi connectivity index (χ4n) is 3.48. The summed E-state index contributed by atoms with van der Waals surface area (Å²) < 4.78 is 0. The highest BCUT2D eigenvalue weighted by Gasteiger charge is 2.35. The molecule has 3 unspecified atom stereocenters. The smallest absolute Gasteiger partial charge is 0.0667 e. The predicted molar refractivity (Wildman–Crippen MR) is 62.9 cm³/mol. The largest absolute Gasteiger partial charge is 0.392 e. The van der Waals surface area contributed by atoms with Crippen molar-refractivity contribution >= 4 is 0 Å². The van der Waals surface area contributed by atoms with E-state index in [1.807, 2.05) is 0 Å². The van der Waals surface area contributed by atoms with E-state index in [1.54, 1.807) is 0 Å². The van der Waals surface area contributed by atoms with Gasteiger partial charge in [0.2, 0.25) is 0 Å². The van der Waals surface area contributed by atoms with Gasteiger partial charge in [0.1, 0.15) is 0 Å². The molecule has 1 N–H and O–H groups in total. The number of nitrogens with zero attached hydrogens (tertiary/aromatic N) is 1. The third-order valence-corrected chi connectivity index (χ3v) is 4.18. The van der Waals surface area contributed by atoms with Gasteiger partial charge >= 0.3 is 0 Å². The molecule has 1 aliphatic heterocycles. The molecule has 0 bridgehead atoms. The first-order valence-corrected chi connectivity index (χ1v) is 6.73. The van der Waals surface area contributed by atoms with Gasteiger partial charge in [-0.25, -0.2) is 0 Å². The molecule has 88 valence electrons. The molecule has 1 saturated heterocycles. The first kappa shape index (κ1) is 11.4. The fraction of sp³-hybridized carbons (Fsp3) is 1.00. The van der Waals surface area contributed by atoms with Gasteiger partial charge in [-0.2, -0.15) is 0 Å². The van der Waals surface area contributed by atoms with Gasteiger partial charge in [0, 0.05) is 12.6 Å². The minimum atomic E-state index is -0.0886. The minimum Gasteiger partial charge on any atom is -0.392 e. The molecule has 0 aromatic rings. The maximum Gasteiger partial charge on any atom is 0.0667 e. The second kappa shape index (κ2) is 5.31. The molecule has 1 heterocycles. The van der Waals surface area contributed by atoms with Crippen LogP contribution >= 0.6 is 0 Å². The van der Waals surface area contributed by atoms with E-state index in [0.717, 1.165) is 31.3 Å². The van der Waals surface area contributed by atoms with Gasteiger partial charge in [0.05, 0.1) is 6.10 Å². The molecule has 2 fully saturated rings. The second-order valence-corrected chi connectivity index (χ2v) is 5.34. The molecule has 0 aromatic carbocycles. The Morgan fingerprint density at radius 1 is 1.27 bits per heavy atom. The Balaban J connectivity index is 1.84. The Morgan fingerprint density at radius 3 is 2.87 bits per heavy atom. The lowest BCUT2D eigenvalue weighted by Crippen LogP contribution is -2.46. The number of piperidine rings is 1. The highest BCUT2D eigenvalue weighted by atomic mass is 16.3. The minimum absolute atomic E-state index is 0.0886. The summed E-state index contributed by atoms with van der Waals surface area (Å²) in [7, 11) is 0. The van der Waals surface area contributed by atoms with Crippen molar-refractivity contribution in [2.45, 2.75) is 64.0 Å². The van der Waals surface area contributed by atoms with Crippen molar-refractivity contribution in [1.29, 1.82) is 0 Å². The van der Waals surface area contributed by atoms with Crippen LogP contribution < -0.4 is 0 Å². The molecule has 1 aliphatic carbocycles. The van der Waals surface area contributed by atoms with E-state index in [-0.39, 0.29) is 6.10 Å². The van der Waals surface area contributed by atoms with Crippen molar-refractivity contribution in [3.63, 3.8) is 0 Å². The number of β-amino-alcohol motifs (C(OH)–C–C–N with tert-alkyl or cyclic N) is 1. The molecule has 0 aromatic heterocycles. The SMILES string of the molecule is CCCC(O)CN1CCCC2CCCC21. The monoisotopic (exact) mass is 211 g/mol. The van der Waals surface area contributed by atoms with E-state index < -0.39 is 0 Å². The van der Waals surface area contributed by atoms with E-state index in [0.29, 0.717) is 0 Å².